The summed E-state index contributed by atoms with van der Waals surface area (Å²) in [5.41, 5.74) is 0. The first-order chi connectivity index (χ1) is 6.08. The third kappa shape index (κ3) is 3.40. The van der Waals surface area contributed by atoms with Crippen molar-refractivity contribution in [3.05, 3.63) is 0 Å². The Balaban J connectivity index is 4.37. The maximum absolute atomic E-state index is 10.5. The molecule has 0 saturated heterocycles. The number of hydrogen-bond donors (Lipinski definition) is 2. The van der Waals surface area contributed by atoms with Gasteiger partial charge >= 0.3 is 0 Å². The molecule has 0 amide bonds. The second-order valence-electron chi connectivity index (χ2n) is 2.77. The number of carbonyl (C=O) groups excluding carboxylic acids is 1. The highest BCUT2D eigenvalue weighted by Crippen LogP contribution is 2.09. The van der Waals surface area contributed by atoms with Crippen molar-refractivity contribution >= 4 is 6.29 Å². The molecule has 13 heavy (non-hydrogen) atoms. The van der Waals surface area contributed by atoms with Gasteiger partial charge in [-0.3, -0.25) is 0 Å². The van der Waals surface area contributed by atoms with E-state index in [2.05, 4.69) is 0 Å². The van der Waals surface area contributed by atoms with Gasteiger partial charge < -0.3 is 24.5 Å². The molecule has 0 fully saturated rings. The number of hydrogen-bond acceptors (Lipinski definition) is 5. The third-order valence-electron chi connectivity index (χ3n) is 1.83. The molecule has 5 heteroatoms. The van der Waals surface area contributed by atoms with E-state index in [9.17, 15) is 9.90 Å². The molecule has 5 nitrogen and oxygen atoms in total. The van der Waals surface area contributed by atoms with Crippen molar-refractivity contribution in [3.8, 4) is 0 Å². The first-order valence-corrected chi connectivity index (χ1v) is 3.95. The summed E-state index contributed by atoms with van der Waals surface area (Å²) < 4.78 is 9.61. The summed E-state index contributed by atoms with van der Waals surface area (Å²) in [6, 6.07) is 0. The standard InChI is InChI=1S/C8H16O5/c1-5(10)7(11)8(13-3)6(4-9)12-2/h4-8,10-11H,1-3H3/t5-,6+,7-,8-/m1/s1. The smallest absolute Gasteiger partial charge is 0.151 e. The van der Waals surface area contributed by atoms with Gasteiger partial charge in [-0.15, -0.1) is 0 Å². The summed E-state index contributed by atoms with van der Waals surface area (Å²) in [7, 11) is 2.67. The average Bonchev–Trinajstić information content (AvgIpc) is 2.12. The molecule has 0 aliphatic rings. The van der Waals surface area contributed by atoms with Crippen LogP contribution in [0.5, 0.6) is 0 Å². The molecular formula is C8H16O5. The Labute approximate surface area is 77.3 Å². The Morgan fingerprint density at radius 3 is 2.00 bits per heavy atom. The number of carbonyl (C=O) groups is 1. The highest BCUT2D eigenvalue weighted by molar-refractivity contribution is 5.57. The normalized spacial score (nSPS) is 20.4. The maximum atomic E-state index is 10.5. The molecule has 0 radical (unpaired) electrons. The molecule has 2 N–H and O–H groups in total. The number of aliphatic hydroxyl groups excluding tert-OH is 2. The van der Waals surface area contributed by atoms with Crippen LogP contribution in [0.4, 0.5) is 0 Å². The first-order valence-electron chi connectivity index (χ1n) is 3.95. The van der Waals surface area contributed by atoms with E-state index in [1.54, 1.807) is 0 Å². The molecule has 0 saturated carbocycles. The minimum atomic E-state index is -1.14. The van der Waals surface area contributed by atoms with E-state index in [-0.39, 0.29) is 0 Å². The molecule has 0 heterocycles. The van der Waals surface area contributed by atoms with Crippen LogP contribution in [-0.4, -0.2) is 55.1 Å². The predicted molar refractivity (Wildman–Crippen MR) is 45.3 cm³/mol. The van der Waals surface area contributed by atoms with Gasteiger partial charge in [0.05, 0.1) is 6.10 Å². The molecule has 0 aliphatic heterocycles. The minimum absolute atomic E-state index is 0.528. The van der Waals surface area contributed by atoms with Gasteiger partial charge in [0.25, 0.3) is 0 Å². The van der Waals surface area contributed by atoms with Crippen molar-refractivity contribution in [2.24, 2.45) is 0 Å². The van der Waals surface area contributed by atoms with Gasteiger partial charge in [-0.25, -0.2) is 0 Å². The van der Waals surface area contributed by atoms with Crippen LogP contribution in [0, 0.1) is 0 Å². The highest BCUT2D eigenvalue weighted by atomic mass is 16.5. The Morgan fingerprint density at radius 1 is 1.23 bits per heavy atom. The summed E-state index contributed by atoms with van der Waals surface area (Å²) in [6.07, 6.45) is -3.29. The van der Waals surface area contributed by atoms with Crippen LogP contribution in [0.15, 0.2) is 0 Å². The maximum Gasteiger partial charge on any atom is 0.151 e. The van der Waals surface area contributed by atoms with E-state index < -0.39 is 24.4 Å². The zero-order valence-corrected chi connectivity index (χ0v) is 8.01. The Morgan fingerprint density at radius 2 is 1.77 bits per heavy atom. The molecule has 0 rings (SSSR count). The van der Waals surface area contributed by atoms with Crippen LogP contribution in [0.25, 0.3) is 0 Å². The van der Waals surface area contributed by atoms with Crippen molar-refractivity contribution in [1.29, 1.82) is 0 Å². The summed E-state index contributed by atoms with van der Waals surface area (Å²) >= 11 is 0. The fraction of sp³-hybridized carbons (Fsp3) is 0.875. The summed E-state index contributed by atoms with van der Waals surface area (Å²) in [5, 5.41) is 18.5. The summed E-state index contributed by atoms with van der Waals surface area (Å²) in [4.78, 5) is 10.5. The lowest BCUT2D eigenvalue weighted by atomic mass is 10.0. The first kappa shape index (κ1) is 12.5. The van der Waals surface area contributed by atoms with E-state index in [1.165, 1.54) is 21.1 Å². The Bertz CT molecular complexity index is 147. The van der Waals surface area contributed by atoms with Crippen molar-refractivity contribution < 1.29 is 24.5 Å². The molecule has 4 atom stereocenters. The number of rotatable bonds is 6. The van der Waals surface area contributed by atoms with Crippen LogP contribution in [0.3, 0.4) is 0 Å². The van der Waals surface area contributed by atoms with Gasteiger partial charge in [-0.05, 0) is 6.92 Å². The third-order valence-corrected chi connectivity index (χ3v) is 1.83. The van der Waals surface area contributed by atoms with Gasteiger partial charge in [0.15, 0.2) is 6.29 Å². The Hall–Kier alpha value is -0.490. The number of methoxy groups -OCH3 is 2. The Kier molecular flexibility index (Phi) is 5.81. The van der Waals surface area contributed by atoms with E-state index in [4.69, 9.17) is 14.6 Å². The van der Waals surface area contributed by atoms with Crippen LogP contribution in [-0.2, 0) is 14.3 Å². The monoisotopic (exact) mass is 192 g/mol. The van der Waals surface area contributed by atoms with Crippen molar-refractivity contribution in [2.75, 3.05) is 14.2 Å². The van der Waals surface area contributed by atoms with Gasteiger partial charge in [-0.1, -0.05) is 0 Å². The molecule has 0 unspecified atom stereocenters. The van der Waals surface area contributed by atoms with Crippen molar-refractivity contribution in [1.82, 2.24) is 0 Å². The molecule has 0 aromatic carbocycles. The van der Waals surface area contributed by atoms with E-state index in [0.717, 1.165) is 0 Å². The number of aliphatic hydroxyl groups is 2. The lowest BCUT2D eigenvalue weighted by Crippen LogP contribution is -2.46. The lowest BCUT2D eigenvalue weighted by Gasteiger charge is -2.26. The SMILES string of the molecule is CO[C@@H]([C@H](O)[C@@H](C)O)[C@H](C=O)OC. The quantitative estimate of drug-likeness (QED) is 0.525. The van der Waals surface area contributed by atoms with Gasteiger partial charge in [0, 0.05) is 14.2 Å². The zero-order chi connectivity index (χ0) is 10.4. The van der Waals surface area contributed by atoms with Gasteiger partial charge in [0.1, 0.15) is 18.3 Å². The molecule has 0 aromatic rings. The average molecular weight is 192 g/mol. The largest absolute Gasteiger partial charge is 0.391 e. The second kappa shape index (κ2) is 6.04. The zero-order valence-electron chi connectivity index (χ0n) is 8.01. The molecule has 78 valence electrons. The van der Waals surface area contributed by atoms with Gasteiger partial charge in [-0.2, -0.15) is 0 Å². The molecule has 0 bridgehead atoms. The fourth-order valence-corrected chi connectivity index (χ4v) is 1.01. The van der Waals surface area contributed by atoms with Crippen molar-refractivity contribution in [2.45, 2.75) is 31.3 Å². The summed E-state index contributed by atoms with van der Waals surface area (Å²) in [5.74, 6) is 0. The predicted octanol–water partition coefficient (Wildman–Crippen LogP) is -1.04. The summed E-state index contributed by atoms with van der Waals surface area (Å²) in [6.45, 7) is 1.41. The van der Waals surface area contributed by atoms with Crippen molar-refractivity contribution in [3.63, 3.8) is 0 Å². The highest BCUT2D eigenvalue weighted by Gasteiger charge is 2.31. The molecule has 0 spiro atoms. The van der Waals surface area contributed by atoms with E-state index >= 15 is 0 Å². The van der Waals surface area contributed by atoms with Crippen LogP contribution in [0.2, 0.25) is 0 Å². The number of ether oxygens (including phenoxy) is 2. The fourth-order valence-electron chi connectivity index (χ4n) is 1.01. The molecule has 0 aromatic heterocycles. The second-order valence-corrected chi connectivity index (χ2v) is 2.77. The lowest BCUT2D eigenvalue weighted by molar-refractivity contribution is -0.143. The van der Waals surface area contributed by atoms with Gasteiger partial charge in [0.2, 0.25) is 0 Å². The number of aldehydes is 1. The van der Waals surface area contributed by atoms with E-state index in [0.29, 0.717) is 6.29 Å². The topological polar surface area (TPSA) is 76.0 Å². The van der Waals surface area contributed by atoms with Crippen LogP contribution < -0.4 is 0 Å². The minimum Gasteiger partial charge on any atom is -0.391 e. The van der Waals surface area contributed by atoms with Crippen LogP contribution >= 0.6 is 0 Å². The van der Waals surface area contributed by atoms with E-state index in [1.807, 2.05) is 0 Å². The van der Waals surface area contributed by atoms with Crippen LogP contribution in [0.1, 0.15) is 6.92 Å². The molecule has 0 aliphatic carbocycles. The molecular weight excluding hydrogens is 176 g/mol.